The van der Waals surface area contributed by atoms with E-state index < -0.39 is 0 Å². The Kier molecular flexibility index (Phi) is 5.16. The molecule has 132 valence electrons. The Morgan fingerprint density at radius 3 is 2.96 bits per heavy atom. The number of rotatable bonds is 4. The Hall–Kier alpha value is -2.63. The van der Waals surface area contributed by atoms with Crippen LogP contribution in [0, 0.1) is 19.8 Å². The summed E-state index contributed by atoms with van der Waals surface area (Å²) in [6, 6.07) is 7.74. The van der Waals surface area contributed by atoms with Gasteiger partial charge in [-0.25, -0.2) is 4.98 Å². The molecule has 2 aromatic heterocycles. The van der Waals surface area contributed by atoms with Crippen LogP contribution in [0.5, 0.6) is 0 Å². The van der Waals surface area contributed by atoms with Gasteiger partial charge in [0.25, 0.3) is 5.56 Å². The fourth-order valence-corrected chi connectivity index (χ4v) is 3.36. The number of piperidine rings is 1. The summed E-state index contributed by atoms with van der Waals surface area (Å²) in [6.07, 6.45) is 3.59. The number of aromatic nitrogens is 2. The monoisotopic (exact) mass is 340 g/mol. The van der Waals surface area contributed by atoms with Gasteiger partial charge in [-0.15, -0.1) is 0 Å². The second-order valence-corrected chi connectivity index (χ2v) is 6.63. The Labute approximate surface area is 147 Å². The number of carbonyl (C=O) groups is 1. The third-order valence-electron chi connectivity index (χ3n) is 4.70. The molecule has 1 aliphatic rings. The largest absolute Gasteiger partial charge is 0.356 e. The fraction of sp³-hybridized carbons (Fsp3) is 0.421. The number of aryl methyl sites for hydroxylation is 2. The molecule has 2 N–H and O–H groups in total. The van der Waals surface area contributed by atoms with Crippen LogP contribution in [0.4, 0.5) is 5.82 Å². The lowest BCUT2D eigenvalue weighted by atomic mass is 9.97. The zero-order valence-corrected chi connectivity index (χ0v) is 14.7. The number of nitrogens with one attached hydrogen (secondary N) is 2. The van der Waals surface area contributed by atoms with E-state index in [0.29, 0.717) is 12.1 Å². The summed E-state index contributed by atoms with van der Waals surface area (Å²) in [6.45, 7) is 5.59. The molecule has 6 heteroatoms. The normalized spacial score (nSPS) is 17.4. The van der Waals surface area contributed by atoms with Crippen molar-refractivity contribution in [1.82, 2.24) is 15.3 Å². The van der Waals surface area contributed by atoms with Crippen LogP contribution < -0.4 is 15.8 Å². The van der Waals surface area contributed by atoms with Crippen LogP contribution in [0.2, 0.25) is 0 Å². The Balaban J connectivity index is 1.63. The second-order valence-electron chi connectivity index (χ2n) is 6.63. The molecule has 0 saturated carbocycles. The van der Waals surface area contributed by atoms with E-state index in [2.05, 4.69) is 20.2 Å². The van der Waals surface area contributed by atoms with E-state index in [1.54, 1.807) is 6.20 Å². The van der Waals surface area contributed by atoms with Crippen molar-refractivity contribution >= 4 is 11.7 Å². The molecular weight excluding hydrogens is 316 g/mol. The lowest BCUT2D eigenvalue weighted by molar-refractivity contribution is -0.125. The maximum absolute atomic E-state index is 12.6. The molecule has 1 aliphatic heterocycles. The predicted molar refractivity (Wildman–Crippen MR) is 97.6 cm³/mol. The molecule has 3 heterocycles. The summed E-state index contributed by atoms with van der Waals surface area (Å²) < 4.78 is 0. The van der Waals surface area contributed by atoms with Gasteiger partial charge in [0.1, 0.15) is 5.82 Å². The van der Waals surface area contributed by atoms with E-state index in [4.69, 9.17) is 0 Å². The Bertz CT molecular complexity index is 801. The maximum atomic E-state index is 12.6. The van der Waals surface area contributed by atoms with Crippen LogP contribution in [-0.4, -0.2) is 29.0 Å². The zero-order valence-electron chi connectivity index (χ0n) is 14.7. The van der Waals surface area contributed by atoms with Crippen molar-refractivity contribution in [2.75, 3.05) is 18.0 Å². The first-order chi connectivity index (χ1) is 12.0. The van der Waals surface area contributed by atoms with E-state index in [0.717, 1.165) is 36.5 Å². The molecular formula is C19H24N4O2. The first-order valence-corrected chi connectivity index (χ1v) is 8.67. The molecule has 0 radical (unpaired) electrons. The molecule has 1 fully saturated rings. The highest BCUT2D eigenvalue weighted by atomic mass is 16.2. The Morgan fingerprint density at radius 2 is 2.24 bits per heavy atom. The van der Waals surface area contributed by atoms with Gasteiger partial charge in [0.15, 0.2) is 0 Å². The van der Waals surface area contributed by atoms with Crippen LogP contribution in [-0.2, 0) is 11.3 Å². The predicted octanol–water partition coefficient (Wildman–Crippen LogP) is 1.92. The second kappa shape index (κ2) is 7.51. The number of H-pyrrole nitrogens is 1. The number of hydrogen-bond donors (Lipinski definition) is 2. The molecule has 1 atom stereocenters. The first kappa shape index (κ1) is 17.2. The van der Waals surface area contributed by atoms with Crippen LogP contribution in [0.25, 0.3) is 0 Å². The highest BCUT2D eigenvalue weighted by Crippen LogP contribution is 2.21. The quantitative estimate of drug-likeness (QED) is 0.891. The van der Waals surface area contributed by atoms with Gasteiger partial charge in [0.05, 0.1) is 5.92 Å². The lowest BCUT2D eigenvalue weighted by Crippen LogP contribution is -2.43. The average molecular weight is 340 g/mol. The van der Waals surface area contributed by atoms with Gasteiger partial charge in [-0.2, -0.15) is 0 Å². The van der Waals surface area contributed by atoms with Crippen molar-refractivity contribution in [3.8, 4) is 0 Å². The molecule has 3 rings (SSSR count). The molecule has 25 heavy (non-hydrogen) atoms. The van der Waals surface area contributed by atoms with Crippen molar-refractivity contribution in [3.05, 3.63) is 57.6 Å². The minimum Gasteiger partial charge on any atom is -0.356 e. The van der Waals surface area contributed by atoms with Crippen LogP contribution in [0.15, 0.2) is 35.3 Å². The van der Waals surface area contributed by atoms with Gasteiger partial charge in [0.2, 0.25) is 5.91 Å². The smallest absolute Gasteiger partial charge is 0.253 e. The van der Waals surface area contributed by atoms with Gasteiger partial charge in [-0.1, -0.05) is 6.07 Å². The van der Waals surface area contributed by atoms with Gasteiger partial charge >= 0.3 is 0 Å². The third kappa shape index (κ3) is 4.07. The van der Waals surface area contributed by atoms with Crippen LogP contribution in [0.1, 0.15) is 29.7 Å². The van der Waals surface area contributed by atoms with Gasteiger partial charge in [-0.05, 0) is 50.5 Å². The third-order valence-corrected chi connectivity index (χ3v) is 4.70. The van der Waals surface area contributed by atoms with Crippen LogP contribution in [0.3, 0.4) is 0 Å². The van der Waals surface area contributed by atoms with Crippen molar-refractivity contribution in [3.63, 3.8) is 0 Å². The highest BCUT2D eigenvalue weighted by molar-refractivity contribution is 5.79. The van der Waals surface area contributed by atoms with E-state index in [1.165, 1.54) is 0 Å². The molecule has 1 saturated heterocycles. The SMILES string of the molecule is Cc1cc(C)c(CNC(=O)[C@H]2CCCN(c3ccccn3)C2)c(=O)[nH]1. The molecule has 0 bridgehead atoms. The summed E-state index contributed by atoms with van der Waals surface area (Å²) in [4.78, 5) is 33.9. The molecule has 6 nitrogen and oxygen atoms in total. The van der Waals surface area contributed by atoms with E-state index >= 15 is 0 Å². The molecule has 0 spiro atoms. The Morgan fingerprint density at radius 1 is 1.40 bits per heavy atom. The molecule has 0 unspecified atom stereocenters. The minimum absolute atomic E-state index is 0.00000567. The zero-order chi connectivity index (χ0) is 17.8. The number of pyridine rings is 2. The van der Waals surface area contributed by atoms with Crippen LogP contribution >= 0.6 is 0 Å². The summed E-state index contributed by atoms with van der Waals surface area (Å²) >= 11 is 0. The summed E-state index contributed by atoms with van der Waals surface area (Å²) in [5.74, 6) is 0.825. The van der Waals surface area contributed by atoms with Crippen molar-refractivity contribution in [2.45, 2.75) is 33.2 Å². The number of hydrogen-bond acceptors (Lipinski definition) is 4. The van der Waals surface area contributed by atoms with E-state index in [-0.39, 0.29) is 23.9 Å². The highest BCUT2D eigenvalue weighted by Gasteiger charge is 2.26. The number of aromatic amines is 1. The summed E-state index contributed by atoms with van der Waals surface area (Å²) in [5.41, 5.74) is 2.23. The molecule has 0 aromatic carbocycles. The maximum Gasteiger partial charge on any atom is 0.253 e. The first-order valence-electron chi connectivity index (χ1n) is 8.67. The topological polar surface area (TPSA) is 78.1 Å². The number of anilines is 1. The number of nitrogens with zero attached hydrogens (tertiary/aromatic N) is 2. The van der Waals surface area contributed by atoms with Gasteiger partial charge in [0, 0.05) is 37.1 Å². The molecule has 0 aliphatic carbocycles. The average Bonchev–Trinajstić information content (AvgIpc) is 2.61. The summed E-state index contributed by atoms with van der Waals surface area (Å²) in [7, 11) is 0. The molecule has 2 aromatic rings. The minimum atomic E-state index is -0.128. The fourth-order valence-electron chi connectivity index (χ4n) is 3.36. The summed E-state index contributed by atoms with van der Waals surface area (Å²) in [5, 5.41) is 2.94. The van der Waals surface area contributed by atoms with Crippen molar-refractivity contribution in [2.24, 2.45) is 5.92 Å². The number of carbonyl (C=O) groups excluding carboxylic acids is 1. The van der Waals surface area contributed by atoms with Gasteiger partial charge < -0.3 is 15.2 Å². The van der Waals surface area contributed by atoms with Crippen molar-refractivity contribution in [1.29, 1.82) is 0 Å². The molecule has 1 amide bonds. The van der Waals surface area contributed by atoms with Crippen molar-refractivity contribution < 1.29 is 4.79 Å². The van der Waals surface area contributed by atoms with E-state index in [9.17, 15) is 9.59 Å². The lowest BCUT2D eigenvalue weighted by Gasteiger charge is -2.32. The van der Waals surface area contributed by atoms with E-state index in [1.807, 2.05) is 38.1 Å². The van der Waals surface area contributed by atoms with Gasteiger partial charge in [-0.3, -0.25) is 9.59 Å². The number of amides is 1. The standard InChI is InChI=1S/C19H24N4O2/c1-13-10-14(2)22-19(25)16(13)11-21-18(24)15-6-5-9-23(12-15)17-7-3-4-8-20-17/h3-4,7-8,10,15H,5-6,9,11-12H2,1-2H3,(H,21,24)(H,22,25)/t15-/m0/s1.